The van der Waals surface area contributed by atoms with Crippen LogP contribution in [0.1, 0.15) is 18.4 Å². The number of aryl methyl sites for hydroxylation is 1. The maximum absolute atomic E-state index is 9.76. The van der Waals surface area contributed by atoms with Crippen LogP contribution in [0.5, 0.6) is 0 Å². The lowest BCUT2D eigenvalue weighted by atomic mass is 10.1. The summed E-state index contributed by atoms with van der Waals surface area (Å²) in [6.07, 6.45) is 1.82. The Morgan fingerprint density at radius 3 is 2.65 bits per heavy atom. The lowest BCUT2D eigenvalue weighted by Crippen LogP contribution is -2.40. The van der Waals surface area contributed by atoms with Crippen molar-refractivity contribution in [1.82, 2.24) is 14.9 Å². The number of nitrogens with zero attached hydrogens (tertiary/aromatic N) is 2. The van der Waals surface area contributed by atoms with Gasteiger partial charge in [0, 0.05) is 18.8 Å². The molecule has 2 rings (SSSR count). The molecule has 5 heteroatoms. The van der Waals surface area contributed by atoms with Gasteiger partial charge in [0.15, 0.2) is 0 Å². The second kappa shape index (κ2) is 6.17. The zero-order valence-corrected chi connectivity index (χ0v) is 11.9. The van der Waals surface area contributed by atoms with Crippen LogP contribution < -0.4 is 5.32 Å². The van der Waals surface area contributed by atoms with Crippen LogP contribution in [-0.4, -0.2) is 38.5 Å². The van der Waals surface area contributed by atoms with Gasteiger partial charge in [-0.25, -0.2) is 4.98 Å². The van der Waals surface area contributed by atoms with E-state index in [9.17, 15) is 5.11 Å². The van der Waals surface area contributed by atoms with Crippen LogP contribution in [0.4, 0.5) is 0 Å². The number of benzene rings is 1. The number of aliphatic hydroxyl groups is 2. The highest BCUT2D eigenvalue weighted by Crippen LogP contribution is 2.14. The molecule has 0 radical (unpaired) electrons. The average Bonchev–Trinajstić information content (AvgIpc) is 2.81. The van der Waals surface area contributed by atoms with Crippen molar-refractivity contribution in [2.75, 3.05) is 13.2 Å². The Labute approximate surface area is 118 Å². The first kappa shape index (κ1) is 14.7. The lowest BCUT2D eigenvalue weighted by molar-refractivity contribution is 0.00246. The molecule has 2 aromatic rings. The fraction of sp³-hybridized carbons (Fsp3) is 0.400. The zero-order valence-electron chi connectivity index (χ0n) is 11.9. The number of nitrogens with one attached hydrogen (secondary N) is 1. The predicted octanol–water partition coefficient (Wildman–Crippen LogP) is 1.01. The van der Waals surface area contributed by atoms with E-state index in [2.05, 4.69) is 14.9 Å². The van der Waals surface area contributed by atoms with Crippen molar-refractivity contribution in [1.29, 1.82) is 0 Å². The van der Waals surface area contributed by atoms with E-state index in [0.717, 1.165) is 17.2 Å². The summed E-state index contributed by atoms with van der Waals surface area (Å²) in [5.74, 6) is 0.918. The van der Waals surface area contributed by atoms with Gasteiger partial charge in [-0.3, -0.25) is 4.57 Å². The van der Waals surface area contributed by atoms with Crippen molar-refractivity contribution < 1.29 is 10.2 Å². The van der Waals surface area contributed by atoms with E-state index < -0.39 is 5.60 Å². The maximum atomic E-state index is 9.76. The first-order valence-corrected chi connectivity index (χ1v) is 6.66. The molecule has 5 nitrogen and oxygen atoms in total. The molecule has 0 saturated carbocycles. The summed E-state index contributed by atoms with van der Waals surface area (Å²) in [6, 6.07) is 10.0. The Morgan fingerprint density at radius 1 is 1.30 bits per heavy atom. The standard InChI is InChI=1S/C15H21N3O2/c1-12-17-9-14(8-16-10-15(2,20)11-19)18(12)13-6-4-3-5-7-13/h3-7,9,16,19-20H,8,10-11H2,1-2H3. The summed E-state index contributed by atoms with van der Waals surface area (Å²) in [6.45, 7) is 4.19. The van der Waals surface area contributed by atoms with Gasteiger partial charge < -0.3 is 15.5 Å². The number of imidazole rings is 1. The summed E-state index contributed by atoms with van der Waals surface area (Å²) in [5.41, 5.74) is 0.975. The van der Waals surface area contributed by atoms with E-state index in [1.165, 1.54) is 0 Å². The number of aliphatic hydroxyl groups excluding tert-OH is 1. The molecule has 0 spiro atoms. The van der Waals surface area contributed by atoms with Gasteiger partial charge in [-0.15, -0.1) is 0 Å². The molecule has 0 aliphatic heterocycles. The molecule has 3 N–H and O–H groups in total. The molecule has 1 atom stereocenters. The Morgan fingerprint density at radius 2 is 2.00 bits per heavy atom. The Balaban J connectivity index is 2.11. The van der Waals surface area contributed by atoms with Crippen molar-refractivity contribution >= 4 is 0 Å². The fourth-order valence-electron chi connectivity index (χ4n) is 2.06. The Hall–Kier alpha value is -1.69. The summed E-state index contributed by atoms with van der Waals surface area (Å²) < 4.78 is 2.07. The van der Waals surface area contributed by atoms with Crippen LogP contribution in [0.2, 0.25) is 0 Å². The molecule has 0 aliphatic carbocycles. The number of rotatable bonds is 6. The summed E-state index contributed by atoms with van der Waals surface area (Å²) in [5, 5.41) is 21.9. The summed E-state index contributed by atoms with van der Waals surface area (Å²) >= 11 is 0. The molecule has 0 fully saturated rings. The van der Waals surface area contributed by atoms with Gasteiger partial charge >= 0.3 is 0 Å². The molecule has 1 aromatic heterocycles. The van der Waals surface area contributed by atoms with Crippen LogP contribution in [0, 0.1) is 6.92 Å². The molecule has 1 aromatic carbocycles. The highest BCUT2D eigenvalue weighted by Gasteiger charge is 2.18. The van der Waals surface area contributed by atoms with E-state index in [1.807, 2.05) is 43.5 Å². The topological polar surface area (TPSA) is 70.3 Å². The third kappa shape index (κ3) is 3.45. The third-order valence-corrected chi connectivity index (χ3v) is 3.18. The Bertz CT molecular complexity index is 550. The molecule has 20 heavy (non-hydrogen) atoms. The molecule has 108 valence electrons. The van der Waals surface area contributed by atoms with E-state index in [-0.39, 0.29) is 6.61 Å². The normalized spacial score (nSPS) is 14.2. The van der Waals surface area contributed by atoms with Gasteiger partial charge in [0.2, 0.25) is 0 Å². The molecule has 1 heterocycles. The van der Waals surface area contributed by atoms with Crippen molar-refractivity contribution in [2.45, 2.75) is 26.0 Å². The highest BCUT2D eigenvalue weighted by atomic mass is 16.3. The quantitative estimate of drug-likeness (QED) is 0.736. The smallest absolute Gasteiger partial charge is 0.110 e. The van der Waals surface area contributed by atoms with E-state index in [0.29, 0.717) is 13.1 Å². The highest BCUT2D eigenvalue weighted by molar-refractivity contribution is 5.35. The zero-order chi connectivity index (χ0) is 14.6. The van der Waals surface area contributed by atoms with E-state index in [1.54, 1.807) is 6.92 Å². The molecule has 0 saturated heterocycles. The molecule has 0 aliphatic rings. The SMILES string of the molecule is Cc1ncc(CNCC(C)(O)CO)n1-c1ccccc1. The number of hydrogen-bond donors (Lipinski definition) is 3. The second-order valence-electron chi connectivity index (χ2n) is 5.23. The van der Waals surface area contributed by atoms with Crippen molar-refractivity contribution in [3.63, 3.8) is 0 Å². The van der Waals surface area contributed by atoms with Crippen LogP contribution >= 0.6 is 0 Å². The average molecular weight is 275 g/mol. The fourth-order valence-corrected chi connectivity index (χ4v) is 2.06. The first-order valence-electron chi connectivity index (χ1n) is 6.66. The van der Waals surface area contributed by atoms with Gasteiger partial charge in [0.1, 0.15) is 5.82 Å². The molecule has 0 amide bonds. The Kier molecular flexibility index (Phi) is 4.54. The number of aromatic nitrogens is 2. The largest absolute Gasteiger partial charge is 0.393 e. The third-order valence-electron chi connectivity index (χ3n) is 3.18. The monoisotopic (exact) mass is 275 g/mol. The molecule has 1 unspecified atom stereocenters. The van der Waals surface area contributed by atoms with E-state index >= 15 is 0 Å². The van der Waals surface area contributed by atoms with Crippen LogP contribution in [0.15, 0.2) is 36.5 Å². The van der Waals surface area contributed by atoms with Gasteiger partial charge in [0.05, 0.1) is 24.1 Å². The van der Waals surface area contributed by atoms with Gasteiger partial charge in [-0.2, -0.15) is 0 Å². The van der Waals surface area contributed by atoms with Gasteiger partial charge in [0.25, 0.3) is 0 Å². The van der Waals surface area contributed by atoms with E-state index in [4.69, 9.17) is 5.11 Å². The lowest BCUT2D eigenvalue weighted by Gasteiger charge is -2.21. The first-order chi connectivity index (χ1) is 9.53. The van der Waals surface area contributed by atoms with Crippen LogP contribution in [0.3, 0.4) is 0 Å². The van der Waals surface area contributed by atoms with Crippen molar-refractivity contribution in [3.05, 3.63) is 48.0 Å². The van der Waals surface area contributed by atoms with Crippen LogP contribution in [0.25, 0.3) is 5.69 Å². The molecule has 0 bridgehead atoms. The molecular weight excluding hydrogens is 254 g/mol. The van der Waals surface area contributed by atoms with Crippen molar-refractivity contribution in [3.8, 4) is 5.69 Å². The van der Waals surface area contributed by atoms with Crippen molar-refractivity contribution in [2.24, 2.45) is 0 Å². The number of para-hydroxylation sites is 1. The summed E-state index contributed by atoms with van der Waals surface area (Å²) in [7, 11) is 0. The second-order valence-corrected chi connectivity index (χ2v) is 5.23. The maximum Gasteiger partial charge on any atom is 0.110 e. The van der Waals surface area contributed by atoms with Gasteiger partial charge in [-0.05, 0) is 26.0 Å². The summed E-state index contributed by atoms with van der Waals surface area (Å²) in [4.78, 5) is 4.34. The number of hydrogen-bond acceptors (Lipinski definition) is 4. The molecular formula is C15H21N3O2. The minimum atomic E-state index is -1.10. The predicted molar refractivity (Wildman–Crippen MR) is 77.7 cm³/mol. The van der Waals surface area contributed by atoms with Crippen LogP contribution in [-0.2, 0) is 6.54 Å². The van der Waals surface area contributed by atoms with Gasteiger partial charge in [-0.1, -0.05) is 18.2 Å². The minimum Gasteiger partial charge on any atom is -0.393 e. The minimum absolute atomic E-state index is 0.267.